The molecular weight excluding hydrogens is 293 g/mol. The fourth-order valence-corrected chi connectivity index (χ4v) is 2.81. The lowest BCUT2D eigenvalue weighted by molar-refractivity contribution is -0.135. The standard InChI is InChI=1S/C13H14Cl3NO/c1-12(8-13(12,15)16)11(18)17(2)7-9-3-5-10(14)6-4-9/h3-6H,7-8H2,1-2H3. The molecule has 0 bridgehead atoms. The number of hydrogen-bond donors (Lipinski definition) is 0. The second kappa shape index (κ2) is 4.59. The third kappa shape index (κ3) is 2.47. The van der Waals surface area contributed by atoms with Crippen molar-refractivity contribution in [2.24, 2.45) is 5.41 Å². The Kier molecular flexibility index (Phi) is 3.56. The first-order valence-corrected chi connectivity index (χ1v) is 6.77. The van der Waals surface area contributed by atoms with E-state index in [4.69, 9.17) is 34.8 Å². The summed E-state index contributed by atoms with van der Waals surface area (Å²) in [5, 5.41) is 0.683. The van der Waals surface area contributed by atoms with Gasteiger partial charge >= 0.3 is 0 Å². The van der Waals surface area contributed by atoms with E-state index in [-0.39, 0.29) is 5.91 Å². The zero-order valence-electron chi connectivity index (χ0n) is 10.2. The average Bonchev–Trinajstić information content (AvgIpc) is 2.81. The smallest absolute Gasteiger partial charge is 0.231 e. The van der Waals surface area contributed by atoms with Crippen LogP contribution >= 0.6 is 34.8 Å². The summed E-state index contributed by atoms with van der Waals surface area (Å²) in [6.45, 7) is 2.32. The molecule has 1 amide bonds. The van der Waals surface area contributed by atoms with E-state index in [1.165, 1.54) is 0 Å². The van der Waals surface area contributed by atoms with E-state index in [1.54, 1.807) is 31.0 Å². The topological polar surface area (TPSA) is 20.3 Å². The van der Waals surface area contributed by atoms with Crippen LogP contribution in [-0.4, -0.2) is 22.2 Å². The van der Waals surface area contributed by atoms with Crippen molar-refractivity contribution in [1.29, 1.82) is 0 Å². The van der Waals surface area contributed by atoms with E-state index >= 15 is 0 Å². The monoisotopic (exact) mass is 305 g/mol. The molecule has 5 heteroatoms. The zero-order chi connectivity index (χ0) is 13.6. The van der Waals surface area contributed by atoms with Crippen LogP contribution in [0, 0.1) is 5.41 Å². The highest BCUT2D eigenvalue weighted by Crippen LogP contribution is 2.64. The lowest BCUT2D eigenvalue weighted by Crippen LogP contribution is -2.34. The maximum Gasteiger partial charge on any atom is 0.231 e. The molecule has 0 aromatic heterocycles. The number of halogens is 3. The Morgan fingerprint density at radius 3 is 2.28 bits per heavy atom. The van der Waals surface area contributed by atoms with Crippen molar-refractivity contribution < 1.29 is 4.79 Å². The second-order valence-electron chi connectivity index (χ2n) is 5.00. The third-order valence-electron chi connectivity index (χ3n) is 3.41. The summed E-state index contributed by atoms with van der Waals surface area (Å²) in [5.41, 5.74) is 0.367. The lowest BCUT2D eigenvalue weighted by Gasteiger charge is -2.22. The number of alkyl halides is 2. The van der Waals surface area contributed by atoms with E-state index in [1.807, 2.05) is 12.1 Å². The predicted octanol–water partition coefficient (Wildman–Crippen LogP) is 3.88. The maximum absolute atomic E-state index is 12.2. The summed E-state index contributed by atoms with van der Waals surface area (Å²) in [5.74, 6) is -0.0255. The molecule has 0 heterocycles. The Hall–Kier alpha value is -0.440. The van der Waals surface area contributed by atoms with Crippen molar-refractivity contribution in [3.8, 4) is 0 Å². The molecule has 1 saturated carbocycles. The summed E-state index contributed by atoms with van der Waals surface area (Å²) in [7, 11) is 1.75. The molecule has 18 heavy (non-hydrogen) atoms. The molecule has 0 spiro atoms. The van der Waals surface area contributed by atoms with Crippen LogP contribution in [-0.2, 0) is 11.3 Å². The number of carbonyl (C=O) groups excluding carboxylic acids is 1. The van der Waals surface area contributed by atoms with Crippen LogP contribution in [0.2, 0.25) is 5.02 Å². The Morgan fingerprint density at radius 1 is 1.33 bits per heavy atom. The van der Waals surface area contributed by atoms with Gasteiger partial charge in [0.15, 0.2) is 0 Å². The fourth-order valence-electron chi connectivity index (χ4n) is 1.99. The minimum Gasteiger partial charge on any atom is -0.341 e. The highest BCUT2D eigenvalue weighted by atomic mass is 35.5. The zero-order valence-corrected chi connectivity index (χ0v) is 12.5. The lowest BCUT2D eigenvalue weighted by atomic mass is 10.1. The fraction of sp³-hybridized carbons (Fsp3) is 0.462. The van der Waals surface area contributed by atoms with Crippen LogP contribution in [0.1, 0.15) is 18.9 Å². The first-order chi connectivity index (χ1) is 8.26. The number of carbonyl (C=O) groups is 1. The molecule has 1 aliphatic rings. The van der Waals surface area contributed by atoms with Gasteiger partial charge in [-0.3, -0.25) is 4.79 Å². The highest BCUT2D eigenvalue weighted by Gasteiger charge is 2.68. The molecule has 1 aromatic carbocycles. The number of benzene rings is 1. The molecule has 1 unspecified atom stereocenters. The SMILES string of the molecule is CN(Cc1ccc(Cl)cc1)C(=O)C1(C)CC1(Cl)Cl. The van der Waals surface area contributed by atoms with Crippen LogP contribution in [0.3, 0.4) is 0 Å². The van der Waals surface area contributed by atoms with Gasteiger partial charge in [-0.05, 0) is 31.0 Å². The van der Waals surface area contributed by atoms with E-state index in [0.717, 1.165) is 5.56 Å². The number of hydrogen-bond acceptors (Lipinski definition) is 1. The minimum atomic E-state index is -0.918. The van der Waals surface area contributed by atoms with Gasteiger partial charge in [0.1, 0.15) is 4.33 Å². The van der Waals surface area contributed by atoms with Crippen LogP contribution < -0.4 is 0 Å². The normalized spacial score (nSPS) is 24.7. The molecular formula is C13H14Cl3NO. The molecule has 1 atom stereocenters. The van der Waals surface area contributed by atoms with E-state index in [2.05, 4.69) is 0 Å². The molecule has 98 valence electrons. The summed E-state index contributed by atoms with van der Waals surface area (Å²) < 4.78 is -0.918. The van der Waals surface area contributed by atoms with Gasteiger partial charge in [0, 0.05) is 18.6 Å². The molecule has 1 aromatic rings. The quantitative estimate of drug-likeness (QED) is 0.776. The average molecular weight is 307 g/mol. The van der Waals surface area contributed by atoms with Gasteiger partial charge in [-0.1, -0.05) is 23.7 Å². The van der Waals surface area contributed by atoms with Crippen LogP contribution in [0.25, 0.3) is 0 Å². The molecule has 2 rings (SSSR count). The van der Waals surface area contributed by atoms with Crippen LogP contribution in [0.5, 0.6) is 0 Å². The van der Waals surface area contributed by atoms with Gasteiger partial charge < -0.3 is 4.90 Å². The molecule has 2 nitrogen and oxygen atoms in total. The molecule has 0 N–H and O–H groups in total. The first-order valence-electron chi connectivity index (χ1n) is 5.64. The Morgan fingerprint density at radius 2 is 1.83 bits per heavy atom. The Labute approximate surface area is 122 Å². The Bertz CT molecular complexity index is 472. The van der Waals surface area contributed by atoms with Gasteiger partial charge in [-0.25, -0.2) is 0 Å². The van der Waals surface area contributed by atoms with Gasteiger partial charge in [-0.2, -0.15) is 0 Å². The molecule has 1 fully saturated rings. The van der Waals surface area contributed by atoms with Gasteiger partial charge in [-0.15, -0.1) is 23.2 Å². The third-order valence-corrected chi connectivity index (χ3v) is 4.76. The number of amides is 1. The Balaban J connectivity index is 2.03. The van der Waals surface area contributed by atoms with Crippen molar-refractivity contribution in [1.82, 2.24) is 4.90 Å². The molecule has 0 radical (unpaired) electrons. The van der Waals surface area contributed by atoms with E-state index in [0.29, 0.717) is 18.0 Å². The number of rotatable bonds is 3. The highest BCUT2D eigenvalue weighted by molar-refractivity contribution is 6.53. The van der Waals surface area contributed by atoms with E-state index in [9.17, 15) is 4.79 Å². The van der Waals surface area contributed by atoms with E-state index < -0.39 is 9.75 Å². The molecule has 0 saturated heterocycles. The minimum absolute atomic E-state index is 0.0255. The van der Waals surface area contributed by atoms with Crippen molar-refractivity contribution in [3.05, 3.63) is 34.9 Å². The van der Waals surface area contributed by atoms with Gasteiger partial charge in [0.25, 0.3) is 0 Å². The first kappa shape index (κ1) is 14.0. The molecule has 1 aliphatic carbocycles. The predicted molar refractivity (Wildman–Crippen MR) is 75.1 cm³/mol. The van der Waals surface area contributed by atoms with Crippen molar-refractivity contribution in [2.45, 2.75) is 24.2 Å². The molecule has 0 aliphatic heterocycles. The summed E-state index contributed by atoms with van der Waals surface area (Å²) in [4.78, 5) is 13.9. The largest absolute Gasteiger partial charge is 0.341 e. The maximum atomic E-state index is 12.2. The van der Waals surface area contributed by atoms with Crippen LogP contribution in [0.4, 0.5) is 0 Å². The summed E-state index contributed by atoms with van der Waals surface area (Å²) in [6.07, 6.45) is 0.507. The van der Waals surface area contributed by atoms with Crippen molar-refractivity contribution in [2.75, 3.05) is 7.05 Å². The van der Waals surface area contributed by atoms with Crippen molar-refractivity contribution in [3.63, 3.8) is 0 Å². The number of nitrogens with zero attached hydrogens (tertiary/aromatic N) is 1. The summed E-state index contributed by atoms with van der Waals surface area (Å²) in [6, 6.07) is 7.41. The van der Waals surface area contributed by atoms with Gasteiger partial charge in [0.2, 0.25) is 5.91 Å². The van der Waals surface area contributed by atoms with Crippen LogP contribution in [0.15, 0.2) is 24.3 Å². The van der Waals surface area contributed by atoms with Gasteiger partial charge in [0.05, 0.1) is 5.41 Å². The second-order valence-corrected chi connectivity index (χ2v) is 6.92. The summed E-state index contributed by atoms with van der Waals surface area (Å²) >= 11 is 17.8. The van der Waals surface area contributed by atoms with Crippen molar-refractivity contribution >= 4 is 40.7 Å².